The number of ketones is 1. The molecule has 2 aromatic rings. The maximum Gasteiger partial charge on any atom is 0.330 e. The van der Waals surface area contributed by atoms with Gasteiger partial charge in [0, 0.05) is 30.8 Å². The molecule has 0 saturated carbocycles. The number of hydrogen-bond donors (Lipinski definition) is 2. The number of aromatic amines is 1. The van der Waals surface area contributed by atoms with Gasteiger partial charge in [0.15, 0.2) is 5.78 Å². The summed E-state index contributed by atoms with van der Waals surface area (Å²) in [5.74, 6) is 0.695. The smallest absolute Gasteiger partial charge is 0.330 e. The van der Waals surface area contributed by atoms with E-state index in [2.05, 4.69) is 4.98 Å². The minimum atomic E-state index is -0.529. The molecule has 0 unspecified atom stereocenters. The third-order valence-electron chi connectivity index (χ3n) is 4.70. The highest BCUT2D eigenvalue weighted by Gasteiger charge is 2.19. The number of rotatable bonds is 9. The van der Waals surface area contributed by atoms with Crippen molar-refractivity contribution >= 4 is 17.3 Å². The van der Waals surface area contributed by atoms with Crippen molar-refractivity contribution < 1.29 is 9.53 Å². The average molecular weight is 388 g/mol. The number of unbranched alkanes of at least 4 members (excludes halogenated alkanes) is 1. The molecular formula is C20H28N4O4. The largest absolute Gasteiger partial charge is 0.496 e. The lowest BCUT2D eigenvalue weighted by atomic mass is 10.1. The summed E-state index contributed by atoms with van der Waals surface area (Å²) in [7, 11) is 1.55. The topological polar surface area (TPSA) is 110 Å². The van der Waals surface area contributed by atoms with E-state index in [0.29, 0.717) is 30.9 Å². The molecule has 0 bridgehead atoms. The number of nitrogens with one attached hydrogen (secondary N) is 1. The van der Waals surface area contributed by atoms with Crippen molar-refractivity contribution in [1.29, 1.82) is 0 Å². The first-order valence-electron chi connectivity index (χ1n) is 9.39. The summed E-state index contributed by atoms with van der Waals surface area (Å²) in [6.07, 6.45) is 1.67. The highest BCUT2D eigenvalue weighted by molar-refractivity contribution is 5.94. The summed E-state index contributed by atoms with van der Waals surface area (Å²) in [4.78, 5) is 40.6. The van der Waals surface area contributed by atoms with Crippen molar-refractivity contribution in [2.24, 2.45) is 0 Å². The number of ether oxygens (including phenoxy) is 1. The molecule has 152 valence electrons. The molecule has 0 saturated heterocycles. The van der Waals surface area contributed by atoms with E-state index in [-0.39, 0.29) is 17.3 Å². The standard InChI is InChI=1S/C20H28N4O4/c1-5-7-10-24-18(21)17(19(26)22-20(24)27)23(6-2)12-15-11-14(13(3)25)8-9-16(15)28-4/h8-9,11H,5-7,10,12,21H2,1-4H3,(H,22,26,27). The maximum atomic E-state index is 12.5. The van der Waals surface area contributed by atoms with E-state index in [4.69, 9.17) is 10.5 Å². The number of nitrogen functional groups attached to an aromatic ring is 1. The molecule has 0 aliphatic carbocycles. The van der Waals surface area contributed by atoms with Gasteiger partial charge in [-0.05, 0) is 38.5 Å². The zero-order valence-electron chi connectivity index (χ0n) is 16.9. The highest BCUT2D eigenvalue weighted by atomic mass is 16.5. The van der Waals surface area contributed by atoms with Gasteiger partial charge in [0.1, 0.15) is 17.3 Å². The third kappa shape index (κ3) is 4.44. The Morgan fingerprint density at radius 2 is 2.00 bits per heavy atom. The number of anilines is 2. The van der Waals surface area contributed by atoms with Crippen molar-refractivity contribution in [3.05, 3.63) is 50.2 Å². The Bertz CT molecular complexity index is 962. The molecule has 0 spiro atoms. The van der Waals surface area contributed by atoms with Crippen LogP contribution >= 0.6 is 0 Å². The quantitative estimate of drug-likeness (QED) is 0.637. The number of benzene rings is 1. The molecule has 2 rings (SSSR count). The predicted octanol–water partition coefficient (Wildman–Crippen LogP) is 2.16. The number of methoxy groups -OCH3 is 1. The lowest BCUT2D eigenvalue weighted by Crippen LogP contribution is -2.38. The van der Waals surface area contributed by atoms with Crippen LogP contribution in [0.15, 0.2) is 27.8 Å². The van der Waals surface area contributed by atoms with Gasteiger partial charge in [-0.2, -0.15) is 0 Å². The fourth-order valence-electron chi connectivity index (χ4n) is 3.10. The molecule has 8 nitrogen and oxygen atoms in total. The zero-order valence-corrected chi connectivity index (χ0v) is 16.9. The third-order valence-corrected chi connectivity index (χ3v) is 4.70. The zero-order chi connectivity index (χ0) is 20.8. The van der Waals surface area contributed by atoms with Crippen LogP contribution in [0.2, 0.25) is 0 Å². The molecule has 8 heteroatoms. The van der Waals surface area contributed by atoms with Gasteiger partial charge in [-0.3, -0.25) is 19.1 Å². The van der Waals surface area contributed by atoms with Gasteiger partial charge in [-0.25, -0.2) is 4.79 Å². The number of hydrogen-bond acceptors (Lipinski definition) is 6. The Morgan fingerprint density at radius 1 is 1.29 bits per heavy atom. The van der Waals surface area contributed by atoms with Crippen LogP contribution in [0.5, 0.6) is 5.75 Å². The van der Waals surface area contributed by atoms with Crippen LogP contribution in [0, 0.1) is 0 Å². The van der Waals surface area contributed by atoms with Crippen LogP contribution in [0.4, 0.5) is 11.5 Å². The van der Waals surface area contributed by atoms with Crippen LogP contribution in [-0.2, 0) is 13.1 Å². The summed E-state index contributed by atoms with van der Waals surface area (Å²) >= 11 is 0. The first kappa shape index (κ1) is 21.3. The van der Waals surface area contributed by atoms with E-state index in [1.54, 1.807) is 30.2 Å². The molecule has 0 aliphatic rings. The lowest BCUT2D eigenvalue weighted by Gasteiger charge is -2.26. The molecule has 1 heterocycles. The first-order valence-corrected chi connectivity index (χ1v) is 9.39. The summed E-state index contributed by atoms with van der Waals surface area (Å²) in [5, 5.41) is 0. The van der Waals surface area contributed by atoms with Crippen LogP contribution in [0.1, 0.15) is 49.5 Å². The number of aromatic nitrogens is 2. The Labute approximate surface area is 163 Å². The van der Waals surface area contributed by atoms with Crippen LogP contribution in [0.25, 0.3) is 0 Å². The molecule has 0 fully saturated rings. The molecular weight excluding hydrogens is 360 g/mol. The van der Waals surface area contributed by atoms with E-state index in [1.165, 1.54) is 11.5 Å². The Hall–Kier alpha value is -3.03. The summed E-state index contributed by atoms with van der Waals surface area (Å²) in [6, 6.07) is 5.18. The van der Waals surface area contributed by atoms with Crippen molar-refractivity contribution in [2.45, 2.75) is 46.7 Å². The van der Waals surface area contributed by atoms with Crippen molar-refractivity contribution in [2.75, 3.05) is 24.3 Å². The van der Waals surface area contributed by atoms with Gasteiger partial charge >= 0.3 is 5.69 Å². The summed E-state index contributed by atoms with van der Waals surface area (Å²) in [5.41, 5.74) is 6.74. The molecule has 0 radical (unpaired) electrons. The number of Topliss-reactive ketones (excluding diaryl/α,β-unsaturated/α-hetero) is 1. The molecule has 0 atom stereocenters. The second kappa shape index (κ2) is 9.25. The first-order chi connectivity index (χ1) is 13.3. The predicted molar refractivity (Wildman–Crippen MR) is 110 cm³/mol. The SMILES string of the molecule is CCCCn1c(N)c(N(CC)Cc2cc(C(C)=O)ccc2OC)c(=O)[nH]c1=O. The Morgan fingerprint density at radius 3 is 2.57 bits per heavy atom. The molecule has 3 N–H and O–H groups in total. The second-order valence-electron chi connectivity index (χ2n) is 6.60. The van der Waals surface area contributed by atoms with E-state index in [1.807, 2.05) is 13.8 Å². The van der Waals surface area contributed by atoms with E-state index >= 15 is 0 Å². The minimum absolute atomic E-state index is 0.0579. The summed E-state index contributed by atoms with van der Waals surface area (Å²) < 4.78 is 6.80. The second-order valence-corrected chi connectivity index (χ2v) is 6.60. The van der Waals surface area contributed by atoms with Gasteiger partial charge < -0.3 is 15.4 Å². The van der Waals surface area contributed by atoms with Gasteiger partial charge in [0.25, 0.3) is 5.56 Å². The normalized spacial score (nSPS) is 10.7. The van der Waals surface area contributed by atoms with Gasteiger partial charge in [-0.1, -0.05) is 13.3 Å². The van der Waals surface area contributed by atoms with Gasteiger partial charge in [0.2, 0.25) is 0 Å². The Balaban J connectivity index is 2.52. The van der Waals surface area contributed by atoms with Crippen LogP contribution < -0.4 is 26.6 Å². The number of H-pyrrole nitrogens is 1. The number of nitrogens with two attached hydrogens (primary N) is 1. The van der Waals surface area contributed by atoms with Crippen molar-refractivity contribution in [3.8, 4) is 5.75 Å². The van der Waals surface area contributed by atoms with Gasteiger partial charge in [-0.15, -0.1) is 0 Å². The molecule has 0 amide bonds. The van der Waals surface area contributed by atoms with E-state index < -0.39 is 11.2 Å². The number of carbonyl (C=O) groups is 1. The van der Waals surface area contributed by atoms with Gasteiger partial charge in [0.05, 0.1) is 7.11 Å². The van der Waals surface area contributed by atoms with Crippen LogP contribution in [-0.4, -0.2) is 29.0 Å². The Kier molecular flexibility index (Phi) is 7.03. The highest BCUT2D eigenvalue weighted by Crippen LogP contribution is 2.25. The fourth-order valence-corrected chi connectivity index (χ4v) is 3.10. The summed E-state index contributed by atoms with van der Waals surface area (Å²) in [6.45, 7) is 6.62. The van der Waals surface area contributed by atoms with E-state index in [9.17, 15) is 14.4 Å². The molecule has 1 aromatic heterocycles. The lowest BCUT2D eigenvalue weighted by molar-refractivity contribution is 0.101. The molecule has 1 aromatic carbocycles. The molecule has 0 aliphatic heterocycles. The average Bonchev–Trinajstić information content (AvgIpc) is 2.66. The number of nitrogens with zero attached hydrogens (tertiary/aromatic N) is 2. The fraction of sp³-hybridized carbons (Fsp3) is 0.450. The van der Waals surface area contributed by atoms with Crippen LogP contribution in [0.3, 0.4) is 0 Å². The monoisotopic (exact) mass is 388 g/mol. The number of carbonyl (C=O) groups excluding carboxylic acids is 1. The van der Waals surface area contributed by atoms with Crippen molar-refractivity contribution in [3.63, 3.8) is 0 Å². The maximum absolute atomic E-state index is 12.5. The van der Waals surface area contributed by atoms with Crippen molar-refractivity contribution in [1.82, 2.24) is 9.55 Å². The molecule has 28 heavy (non-hydrogen) atoms. The minimum Gasteiger partial charge on any atom is -0.496 e. The van der Waals surface area contributed by atoms with E-state index in [0.717, 1.165) is 18.4 Å².